The number of hydrogen-bond acceptors (Lipinski definition) is 4. The number of carboxylic acids is 1. The van der Waals surface area contributed by atoms with Crippen molar-refractivity contribution in [1.29, 1.82) is 0 Å². The first-order valence-corrected chi connectivity index (χ1v) is 5.64. The van der Waals surface area contributed by atoms with E-state index in [9.17, 15) is 9.59 Å². The fourth-order valence-electron chi connectivity index (χ4n) is 2.40. The Hall–Kier alpha value is -1.85. The number of aromatic amines is 1. The second-order valence-corrected chi connectivity index (χ2v) is 4.48. The topological polar surface area (TPSA) is 95.1 Å². The molecule has 0 atom stereocenters. The molecule has 1 saturated carbocycles. The minimum Gasteiger partial charge on any atom is -0.481 e. The van der Waals surface area contributed by atoms with Gasteiger partial charge < -0.3 is 15.4 Å². The lowest BCUT2D eigenvalue weighted by Gasteiger charge is -2.29. The molecule has 92 valence electrons. The van der Waals surface area contributed by atoms with Gasteiger partial charge in [0.1, 0.15) is 5.82 Å². The van der Waals surface area contributed by atoms with E-state index in [1.807, 2.05) is 0 Å². The summed E-state index contributed by atoms with van der Waals surface area (Å²) in [5.74, 6) is -0.388. The Morgan fingerprint density at radius 2 is 2.24 bits per heavy atom. The quantitative estimate of drug-likeness (QED) is 0.725. The molecule has 1 heterocycles. The van der Waals surface area contributed by atoms with Crippen LogP contribution >= 0.6 is 0 Å². The molecule has 0 spiro atoms. The molecule has 0 aromatic carbocycles. The third-order valence-electron chi connectivity index (χ3n) is 3.12. The van der Waals surface area contributed by atoms with Gasteiger partial charge >= 0.3 is 5.97 Å². The number of nitrogens with zero attached hydrogens (tertiary/aromatic N) is 1. The van der Waals surface area contributed by atoms with Crippen LogP contribution in [-0.4, -0.2) is 26.6 Å². The zero-order valence-electron chi connectivity index (χ0n) is 9.40. The third-order valence-corrected chi connectivity index (χ3v) is 3.12. The molecule has 17 heavy (non-hydrogen) atoms. The van der Waals surface area contributed by atoms with E-state index in [0.29, 0.717) is 5.82 Å². The van der Waals surface area contributed by atoms with Gasteiger partial charge in [-0.3, -0.25) is 9.59 Å². The Bertz CT molecular complexity index is 463. The molecule has 1 fully saturated rings. The van der Waals surface area contributed by atoms with Gasteiger partial charge in [-0.15, -0.1) is 0 Å². The van der Waals surface area contributed by atoms with Gasteiger partial charge in [-0.25, -0.2) is 4.98 Å². The van der Waals surface area contributed by atoms with Crippen molar-refractivity contribution in [3.05, 3.63) is 22.7 Å². The van der Waals surface area contributed by atoms with E-state index in [1.165, 1.54) is 12.4 Å². The summed E-state index contributed by atoms with van der Waals surface area (Å²) in [7, 11) is 0. The molecule has 0 aliphatic heterocycles. The number of carbonyl (C=O) groups is 1. The summed E-state index contributed by atoms with van der Waals surface area (Å²) in [6.45, 7) is 0. The van der Waals surface area contributed by atoms with Crippen LogP contribution in [0.3, 0.4) is 0 Å². The normalized spacial score (nSPS) is 17.9. The number of H-pyrrole nitrogens is 1. The summed E-state index contributed by atoms with van der Waals surface area (Å²) < 4.78 is 0. The third kappa shape index (κ3) is 2.83. The molecule has 1 aromatic heterocycles. The van der Waals surface area contributed by atoms with Crippen molar-refractivity contribution in [3.8, 4) is 0 Å². The summed E-state index contributed by atoms with van der Waals surface area (Å²) in [4.78, 5) is 28.5. The Morgan fingerprint density at radius 3 is 2.82 bits per heavy atom. The summed E-state index contributed by atoms with van der Waals surface area (Å²) in [5.41, 5.74) is -0.696. The lowest BCUT2D eigenvalue weighted by molar-refractivity contribution is -0.138. The average Bonchev–Trinajstić information content (AvgIpc) is 2.65. The van der Waals surface area contributed by atoms with Crippen LogP contribution < -0.4 is 10.9 Å². The lowest BCUT2D eigenvalue weighted by Crippen LogP contribution is -2.38. The maximum Gasteiger partial charge on any atom is 0.305 e. The standard InChI is InChI=1S/C11H15N3O3/c15-9-5-8(12-7-13-9)14-11(6-10(16)17)3-1-2-4-11/h5,7H,1-4,6H2,(H,16,17)(H2,12,13,14,15). The number of rotatable bonds is 4. The van der Waals surface area contributed by atoms with Gasteiger partial charge in [-0.1, -0.05) is 12.8 Å². The fraction of sp³-hybridized carbons (Fsp3) is 0.545. The van der Waals surface area contributed by atoms with Crippen LogP contribution in [0.2, 0.25) is 0 Å². The first-order chi connectivity index (χ1) is 8.10. The van der Waals surface area contributed by atoms with Crippen LogP contribution in [0.15, 0.2) is 17.2 Å². The van der Waals surface area contributed by atoms with Crippen LogP contribution in [0, 0.1) is 0 Å². The van der Waals surface area contributed by atoms with Crippen molar-refractivity contribution in [3.63, 3.8) is 0 Å². The number of anilines is 1. The van der Waals surface area contributed by atoms with Crippen LogP contribution in [0.5, 0.6) is 0 Å². The Balaban J connectivity index is 2.18. The average molecular weight is 237 g/mol. The molecular weight excluding hydrogens is 222 g/mol. The Kier molecular flexibility index (Phi) is 3.12. The van der Waals surface area contributed by atoms with Crippen molar-refractivity contribution in [1.82, 2.24) is 9.97 Å². The summed E-state index contributed by atoms with van der Waals surface area (Å²) >= 11 is 0. The smallest absolute Gasteiger partial charge is 0.305 e. The van der Waals surface area contributed by atoms with Crippen molar-refractivity contribution < 1.29 is 9.90 Å². The Labute approximate surface area is 98.1 Å². The van der Waals surface area contributed by atoms with E-state index in [-0.39, 0.29) is 12.0 Å². The monoisotopic (exact) mass is 237 g/mol. The molecule has 0 bridgehead atoms. The molecule has 0 saturated heterocycles. The number of aliphatic carboxylic acids is 1. The highest BCUT2D eigenvalue weighted by atomic mass is 16.4. The second kappa shape index (κ2) is 4.57. The second-order valence-electron chi connectivity index (χ2n) is 4.48. The highest BCUT2D eigenvalue weighted by Crippen LogP contribution is 2.35. The first-order valence-electron chi connectivity index (χ1n) is 5.64. The van der Waals surface area contributed by atoms with Gasteiger partial charge in [0.25, 0.3) is 5.56 Å². The molecule has 0 amide bonds. The molecular formula is C11H15N3O3. The largest absolute Gasteiger partial charge is 0.481 e. The Morgan fingerprint density at radius 1 is 1.53 bits per heavy atom. The van der Waals surface area contributed by atoms with E-state index in [4.69, 9.17) is 5.11 Å². The van der Waals surface area contributed by atoms with Crippen LogP contribution in [0.4, 0.5) is 5.82 Å². The van der Waals surface area contributed by atoms with Crippen LogP contribution in [-0.2, 0) is 4.79 Å². The molecule has 1 aliphatic carbocycles. The van der Waals surface area contributed by atoms with Gasteiger partial charge in [0, 0.05) is 11.6 Å². The molecule has 2 rings (SSSR count). The summed E-state index contributed by atoms with van der Waals surface area (Å²) in [5, 5.41) is 12.1. The molecule has 0 unspecified atom stereocenters. The molecule has 3 N–H and O–H groups in total. The van der Waals surface area contributed by atoms with E-state index < -0.39 is 11.5 Å². The fourth-order valence-corrected chi connectivity index (χ4v) is 2.40. The molecule has 6 heteroatoms. The van der Waals surface area contributed by atoms with Crippen LogP contribution in [0.25, 0.3) is 0 Å². The molecule has 0 radical (unpaired) electrons. The first kappa shape index (κ1) is 11.6. The summed E-state index contributed by atoms with van der Waals surface area (Å²) in [6, 6.07) is 1.35. The van der Waals surface area contributed by atoms with Gasteiger partial charge in [-0.2, -0.15) is 0 Å². The highest BCUT2D eigenvalue weighted by Gasteiger charge is 2.36. The van der Waals surface area contributed by atoms with E-state index in [0.717, 1.165) is 25.7 Å². The molecule has 6 nitrogen and oxygen atoms in total. The minimum absolute atomic E-state index is 0.0570. The number of hydrogen-bond donors (Lipinski definition) is 3. The zero-order chi connectivity index (χ0) is 12.3. The summed E-state index contributed by atoms with van der Waals surface area (Å²) in [6.07, 6.45) is 4.98. The van der Waals surface area contributed by atoms with Crippen LogP contribution in [0.1, 0.15) is 32.1 Å². The highest BCUT2D eigenvalue weighted by molar-refractivity contribution is 5.69. The maximum atomic E-state index is 11.1. The predicted octanol–water partition coefficient (Wildman–Crippen LogP) is 0.969. The van der Waals surface area contributed by atoms with Gasteiger partial charge in [0.15, 0.2) is 0 Å². The van der Waals surface area contributed by atoms with Crippen molar-refractivity contribution in [2.24, 2.45) is 0 Å². The van der Waals surface area contributed by atoms with E-state index >= 15 is 0 Å². The van der Waals surface area contributed by atoms with Crippen molar-refractivity contribution in [2.75, 3.05) is 5.32 Å². The van der Waals surface area contributed by atoms with Crippen molar-refractivity contribution in [2.45, 2.75) is 37.6 Å². The number of aromatic nitrogens is 2. The zero-order valence-corrected chi connectivity index (χ0v) is 9.40. The molecule has 1 aliphatic rings. The predicted molar refractivity (Wildman–Crippen MR) is 61.9 cm³/mol. The van der Waals surface area contributed by atoms with E-state index in [2.05, 4.69) is 15.3 Å². The molecule has 1 aromatic rings. The minimum atomic E-state index is -0.829. The maximum absolute atomic E-state index is 11.1. The lowest BCUT2D eigenvalue weighted by atomic mass is 9.93. The van der Waals surface area contributed by atoms with Gasteiger partial charge in [0.05, 0.1) is 12.7 Å². The van der Waals surface area contributed by atoms with Crippen molar-refractivity contribution >= 4 is 11.8 Å². The number of nitrogens with one attached hydrogen (secondary N) is 2. The van der Waals surface area contributed by atoms with Gasteiger partial charge in [-0.05, 0) is 12.8 Å². The van der Waals surface area contributed by atoms with E-state index in [1.54, 1.807) is 0 Å². The number of carboxylic acid groups (broad SMARTS) is 1. The van der Waals surface area contributed by atoms with Gasteiger partial charge in [0.2, 0.25) is 0 Å². The SMILES string of the molecule is O=C(O)CC1(Nc2cc(=O)[nH]cn2)CCCC1.